The largest absolute Gasteiger partial charge is 0.396 e. The van der Waals surface area contributed by atoms with Crippen molar-refractivity contribution in [1.29, 1.82) is 0 Å². The molecule has 0 radical (unpaired) electrons. The summed E-state index contributed by atoms with van der Waals surface area (Å²) in [4.78, 5) is 0. The monoisotopic (exact) mass is 304 g/mol. The van der Waals surface area contributed by atoms with Gasteiger partial charge in [-0.2, -0.15) is 0 Å². The van der Waals surface area contributed by atoms with Crippen molar-refractivity contribution in [2.24, 2.45) is 0 Å². The van der Waals surface area contributed by atoms with Gasteiger partial charge >= 0.3 is 0 Å². The molecule has 1 atom stereocenters. The van der Waals surface area contributed by atoms with Crippen LogP contribution in [-0.4, -0.2) is 17.2 Å². The third kappa shape index (κ3) is 4.84. The van der Waals surface area contributed by atoms with Gasteiger partial charge in [0.25, 0.3) is 0 Å². The first-order valence-electron chi connectivity index (χ1n) is 6.44. The second-order valence-electron chi connectivity index (χ2n) is 5.43. The van der Waals surface area contributed by atoms with Crippen molar-refractivity contribution in [2.75, 3.05) is 12.3 Å². The van der Waals surface area contributed by atoms with Crippen molar-refractivity contribution in [1.82, 2.24) is 5.32 Å². The lowest BCUT2D eigenvalue weighted by atomic mass is 9.98. The number of aliphatic hydroxyl groups excluding tert-OH is 1. The minimum atomic E-state index is -0.660. The minimum Gasteiger partial charge on any atom is -0.396 e. The standard InChI is InChI=1S/C14H22Cl2N2O/c1-4-5-14(2,3)18-8-12(19)9-6-10(15)13(17)11(16)7-9/h6-7,12,18-19H,4-5,8,17H2,1-3H3/t12-/m0/s1. The molecule has 0 aliphatic rings. The Morgan fingerprint density at radius 1 is 1.32 bits per heavy atom. The molecule has 108 valence electrons. The SMILES string of the molecule is CCCC(C)(C)NC[C@H](O)c1cc(Cl)c(N)c(Cl)c1. The lowest BCUT2D eigenvalue weighted by molar-refractivity contribution is 0.159. The molecule has 0 amide bonds. The zero-order valence-corrected chi connectivity index (χ0v) is 13.1. The summed E-state index contributed by atoms with van der Waals surface area (Å²) < 4.78 is 0. The lowest BCUT2D eigenvalue weighted by Crippen LogP contribution is -2.41. The number of nitrogen functional groups attached to an aromatic ring is 1. The van der Waals surface area contributed by atoms with E-state index in [0.29, 0.717) is 27.8 Å². The highest BCUT2D eigenvalue weighted by Gasteiger charge is 2.19. The normalized spacial score (nSPS) is 13.6. The molecule has 3 nitrogen and oxygen atoms in total. The van der Waals surface area contributed by atoms with Crippen LogP contribution in [0.4, 0.5) is 5.69 Å². The molecule has 0 fully saturated rings. The number of benzene rings is 1. The number of hydrogen-bond donors (Lipinski definition) is 3. The molecule has 0 aliphatic carbocycles. The second kappa shape index (κ2) is 6.80. The number of nitrogens with one attached hydrogen (secondary N) is 1. The molecule has 4 N–H and O–H groups in total. The second-order valence-corrected chi connectivity index (χ2v) is 6.24. The number of halogens is 2. The van der Waals surface area contributed by atoms with Crippen molar-refractivity contribution in [3.05, 3.63) is 27.7 Å². The third-order valence-electron chi connectivity index (χ3n) is 3.14. The molecule has 1 rings (SSSR count). The lowest BCUT2D eigenvalue weighted by Gasteiger charge is -2.27. The number of nitrogens with two attached hydrogens (primary N) is 1. The minimum absolute atomic E-state index is 0.00285. The Bertz CT molecular complexity index is 412. The maximum Gasteiger partial charge on any atom is 0.0915 e. The van der Waals surface area contributed by atoms with Gasteiger partial charge in [0.15, 0.2) is 0 Å². The van der Waals surface area contributed by atoms with E-state index in [1.165, 1.54) is 0 Å². The van der Waals surface area contributed by atoms with Gasteiger partial charge in [0.05, 0.1) is 21.8 Å². The maximum atomic E-state index is 10.2. The maximum absolute atomic E-state index is 10.2. The predicted octanol–water partition coefficient (Wildman–Crippen LogP) is 3.78. The molecule has 0 spiro atoms. The molecule has 0 saturated carbocycles. The third-order valence-corrected chi connectivity index (χ3v) is 3.76. The molecule has 5 heteroatoms. The molecule has 0 aliphatic heterocycles. The van der Waals surface area contributed by atoms with Gasteiger partial charge in [-0.3, -0.25) is 0 Å². The van der Waals surface area contributed by atoms with Crippen molar-refractivity contribution in [3.8, 4) is 0 Å². The van der Waals surface area contributed by atoms with Gasteiger partial charge in [-0.1, -0.05) is 36.5 Å². The van der Waals surface area contributed by atoms with Crippen LogP contribution in [0.1, 0.15) is 45.3 Å². The Hall–Kier alpha value is -0.480. The molecule has 0 unspecified atom stereocenters. The number of aliphatic hydroxyl groups is 1. The van der Waals surface area contributed by atoms with Gasteiger partial charge in [0.1, 0.15) is 0 Å². The summed E-state index contributed by atoms with van der Waals surface area (Å²) in [6, 6.07) is 3.31. The van der Waals surface area contributed by atoms with Crippen LogP contribution < -0.4 is 11.1 Å². The van der Waals surface area contributed by atoms with Gasteiger partial charge in [-0.15, -0.1) is 0 Å². The zero-order chi connectivity index (χ0) is 14.6. The van der Waals surface area contributed by atoms with Crippen molar-refractivity contribution < 1.29 is 5.11 Å². The summed E-state index contributed by atoms with van der Waals surface area (Å²) >= 11 is 11.9. The van der Waals surface area contributed by atoms with Gasteiger partial charge in [-0.25, -0.2) is 0 Å². The Morgan fingerprint density at radius 3 is 2.32 bits per heavy atom. The van der Waals surface area contributed by atoms with Crippen LogP contribution in [0.3, 0.4) is 0 Å². The van der Waals surface area contributed by atoms with Crippen LogP contribution in [0.2, 0.25) is 10.0 Å². The number of hydrogen-bond acceptors (Lipinski definition) is 3. The average molecular weight is 305 g/mol. The summed E-state index contributed by atoms with van der Waals surface area (Å²) in [5.41, 5.74) is 6.69. The van der Waals surface area contributed by atoms with Crippen LogP contribution >= 0.6 is 23.2 Å². The summed E-state index contributed by atoms with van der Waals surface area (Å²) in [7, 11) is 0. The highest BCUT2D eigenvalue weighted by atomic mass is 35.5. The van der Waals surface area contributed by atoms with Crippen LogP contribution in [-0.2, 0) is 0 Å². The van der Waals surface area contributed by atoms with E-state index in [9.17, 15) is 5.11 Å². The fraction of sp³-hybridized carbons (Fsp3) is 0.571. The molecular formula is C14H22Cl2N2O. The van der Waals surface area contributed by atoms with E-state index in [0.717, 1.165) is 12.8 Å². The molecule has 0 aromatic heterocycles. The Kier molecular flexibility index (Phi) is 5.93. The van der Waals surface area contributed by atoms with Gasteiger partial charge in [0, 0.05) is 12.1 Å². The number of rotatable bonds is 6. The molecule has 0 bridgehead atoms. The quantitative estimate of drug-likeness (QED) is 0.701. The first kappa shape index (κ1) is 16.6. The van der Waals surface area contributed by atoms with E-state index in [1.54, 1.807) is 12.1 Å². The zero-order valence-electron chi connectivity index (χ0n) is 11.6. The molecule has 1 aromatic rings. The van der Waals surface area contributed by atoms with Gasteiger partial charge < -0.3 is 16.2 Å². The Labute approximate surface area is 125 Å². The summed E-state index contributed by atoms with van der Waals surface area (Å²) in [5.74, 6) is 0. The molecule has 19 heavy (non-hydrogen) atoms. The van der Waals surface area contributed by atoms with Crippen LogP contribution in [0.25, 0.3) is 0 Å². The van der Waals surface area contributed by atoms with Gasteiger partial charge in [0.2, 0.25) is 0 Å². The van der Waals surface area contributed by atoms with E-state index in [1.807, 2.05) is 0 Å². The fourth-order valence-corrected chi connectivity index (χ4v) is 2.50. The first-order chi connectivity index (χ1) is 8.76. The van der Waals surface area contributed by atoms with Gasteiger partial charge in [-0.05, 0) is 38.0 Å². The predicted molar refractivity (Wildman–Crippen MR) is 82.8 cm³/mol. The van der Waals surface area contributed by atoms with Crippen molar-refractivity contribution in [2.45, 2.75) is 45.3 Å². The van der Waals surface area contributed by atoms with E-state index in [4.69, 9.17) is 28.9 Å². The molecule has 0 heterocycles. The molecule has 0 saturated heterocycles. The molecule has 1 aromatic carbocycles. The summed E-state index contributed by atoms with van der Waals surface area (Å²) in [6.45, 7) is 6.82. The Morgan fingerprint density at radius 2 is 1.84 bits per heavy atom. The van der Waals surface area contributed by atoms with E-state index in [-0.39, 0.29) is 5.54 Å². The van der Waals surface area contributed by atoms with E-state index < -0.39 is 6.10 Å². The summed E-state index contributed by atoms with van der Waals surface area (Å²) in [5, 5.41) is 14.3. The smallest absolute Gasteiger partial charge is 0.0915 e. The average Bonchev–Trinajstić information content (AvgIpc) is 2.32. The van der Waals surface area contributed by atoms with Crippen molar-refractivity contribution in [3.63, 3.8) is 0 Å². The Balaban J connectivity index is 2.71. The van der Waals surface area contributed by atoms with Crippen LogP contribution in [0.5, 0.6) is 0 Å². The summed E-state index contributed by atoms with van der Waals surface area (Å²) in [6.07, 6.45) is 1.48. The van der Waals surface area contributed by atoms with Crippen molar-refractivity contribution >= 4 is 28.9 Å². The highest BCUT2D eigenvalue weighted by molar-refractivity contribution is 6.38. The van der Waals surface area contributed by atoms with Crippen LogP contribution in [0, 0.1) is 0 Å². The van der Waals surface area contributed by atoms with E-state index >= 15 is 0 Å². The topological polar surface area (TPSA) is 58.3 Å². The first-order valence-corrected chi connectivity index (χ1v) is 7.20. The number of anilines is 1. The highest BCUT2D eigenvalue weighted by Crippen LogP contribution is 2.31. The fourth-order valence-electron chi connectivity index (χ4n) is 2.00. The number of β-amino-alcohol motifs (C(OH)–C–C–N with tert-alkyl or cyclic N) is 1. The molecular weight excluding hydrogens is 283 g/mol. The van der Waals surface area contributed by atoms with E-state index in [2.05, 4.69) is 26.1 Å². The van der Waals surface area contributed by atoms with Crippen LogP contribution in [0.15, 0.2) is 12.1 Å².